The van der Waals surface area contributed by atoms with E-state index < -0.39 is 5.82 Å². The topological polar surface area (TPSA) is 9.23 Å². The zero-order valence-electron chi connectivity index (χ0n) is 5.70. The van der Waals surface area contributed by atoms with Crippen LogP contribution in [0.1, 0.15) is 0 Å². The Labute approximate surface area is 73.7 Å². The first-order chi connectivity index (χ1) is 5.15. The standard InChI is InChI=1S/C7H5Cl2FO/c1-11-7-3-6(10)4(8)2-5(7)9/h2-3H,1H3. The molecule has 0 aliphatic rings. The molecule has 1 rings (SSSR count). The van der Waals surface area contributed by atoms with Crippen molar-refractivity contribution in [1.29, 1.82) is 0 Å². The van der Waals surface area contributed by atoms with Crippen LogP contribution in [0.15, 0.2) is 12.1 Å². The summed E-state index contributed by atoms with van der Waals surface area (Å²) in [4.78, 5) is 0. The Morgan fingerprint density at radius 1 is 1.27 bits per heavy atom. The van der Waals surface area contributed by atoms with E-state index in [-0.39, 0.29) is 10.8 Å². The second kappa shape index (κ2) is 3.28. The van der Waals surface area contributed by atoms with E-state index in [9.17, 15) is 4.39 Å². The van der Waals surface area contributed by atoms with E-state index in [2.05, 4.69) is 0 Å². The fraction of sp³-hybridized carbons (Fsp3) is 0.143. The summed E-state index contributed by atoms with van der Waals surface area (Å²) < 4.78 is 17.4. The van der Waals surface area contributed by atoms with Crippen LogP contribution in [0.2, 0.25) is 10.0 Å². The van der Waals surface area contributed by atoms with Crippen LogP contribution >= 0.6 is 23.2 Å². The molecule has 0 aromatic heterocycles. The van der Waals surface area contributed by atoms with Crippen LogP contribution in [0.25, 0.3) is 0 Å². The van der Waals surface area contributed by atoms with Gasteiger partial charge in [-0.05, 0) is 6.07 Å². The Hall–Kier alpha value is -0.470. The predicted octanol–water partition coefficient (Wildman–Crippen LogP) is 3.14. The third-order valence-electron chi connectivity index (χ3n) is 1.19. The van der Waals surface area contributed by atoms with Gasteiger partial charge in [0.2, 0.25) is 0 Å². The van der Waals surface area contributed by atoms with Crippen LogP contribution in [-0.4, -0.2) is 7.11 Å². The SMILES string of the molecule is COc1cc(F)c(Cl)cc1Cl. The van der Waals surface area contributed by atoms with Gasteiger partial charge in [0, 0.05) is 6.07 Å². The van der Waals surface area contributed by atoms with Crippen molar-refractivity contribution in [1.82, 2.24) is 0 Å². The maximum atomic E-state index is 12.7. The van der Waals surface area contributed by atoms with E-state index >= 15 is 0 Å². The van der Waals surface area contributed by atoms with Gasteiger partial charge < -0.3 is 4.74 Å². The molecular formula is C7H5Cl2FO. The van der Waals surface area contributed by atoms with Gasteiger partial charge in [-0.1, -0.05) is 23.2 Å². The lowest BCUT2D eigenvalue weighted by Crippen LogP contribution is -1.86. The highest BCUT2D eigenvalue weighted by Crippen LogP contribution is 2.29. The van der Waals surface area contributed by atoms with E-state index in [4.69, 9.17) is 27.9 Å². The fourth-order valence-electron chi connectivity index (χ4n) is 0.661. The molecule has 1 aromatic rings. The van der Waals surface area contributed by atoms with Gasteiger partial charge in [-0.2, -0.15) is 0 Å². The predicted molar refractivity (Wildman–Crippen MR) is 43.0 cm³/mol. The van der Waals surface area contributed by atoms with Crippen molar-refractivity contribution in [2.24, 2.45) is 0 Å². The molecule has 0 radical (unpaired) electrons. The van der Waals surface area contributed by atoms with Gasteiger partial charge in [0.25, 0.3) is 0 Å². The van der Waals surface area contributed by atoms with Gasteiger partial charge in [-0.3, -0.25) is 0 Å². The van der Waals surface area contributed by atoms with Gasteiger partial charge in [0.05, 0.1) is 17.2 Å². The summed E-state index contributed by atoms with van der Waals surface area (Å²) in [6, 6.07) is 2.45. The average molecular weight is 195 g/mol. The second-order valence-corrected chi connectivity index (χ2v) is 2.72. The third kappa shape index (κ3) is 1.76. The summed E-state index contributed by atoms with van der Waals surface area (Å²) in [5.74, 6) is -0.249. The zero-order chi connectivity index (χ0) is 8.43. The first-order valence-corrected chi connectivity index (χ1v) is 3.59. The summed E-state index contributed by atoms with van der Waals surface area (Å²) in [5.41, 5.74) is 0. The number of halogens is 3. The first kappa shape index (κ1) is 8.62. The molecule has 0 saturated heterocycles. The Morgan fingerprint density at radius 3 is 2.45 bits per heavy atom. The zero-order valence-corrected chi connectivity index (χ0v) is 7.21. The normalized spacial score (nSPS) is 9.82. The fourth-order valence-corrected chi connectivity index (χ4v) is 1.12. The molecule has 11 heavy (non-hydrogen) atoms. The number of methoxy groups -OCH3 is 1. The summed E-state index contributed by atoms with van der Waals surface area (Å²) in [6.07, 6.45) is 0. The van der Waals surface area contributed by atoms with Gasteiger partial charge in [-0.25, -0.2) is 4.39 Å². The van der Waals surface area contributed by atoms with Crippen LogP contribution in [0.4, 0.5) is 4.39 Å². The molecule has 0 fully saturated rings. The number of hydrogen-bond donors (Lipinski definition) is 0. The monoisotopic (exact) mass is 194 g/mol. The number of benzene rings is 1. The molecule has 0 aliphatic heterocycles. The average Bonchev–Trinajstić information content (AvgIpc) is 1.97. The molecule has 4 heteroatoms. The van der Waals surface area contributed by atoms with Crippen molar-refractivity contribution in [2.45, 2.75) is 0 Å². The molecule has 0 aliphatic carbocycles. The Morgan fingerprint density at radius 2 is 1.91 bits per heavy atom. The van der Waals surface area contributed by atoms with Crippen molar-refractivity contribution >= 4 is 23.2 Å². The first-order valence-electron chi connectivity index (χ1n) is 2.83. The minimum atomic E-state index is -0.534. The highest BCUT2D eigenvalue weighted by atomic mass is 35.5. The molecule has 0 bridgehead atoms. The molecule has 1 aromatic carbocycles. The summed E-state index contributed by atoms with van der Waals surface area (Å²) >= 11 is 11.1. The molecule has 0 heterocycles. The van der Waals surface area contributed by atoms with Gasteiger partial charge in [0.15, 0.2) is 0 Å². The maximum absolute atomic E-state index is 12.7. The Balaban J connectivity index is 3.21. The molecule has 0 unspecified atom stereocenters. The summed E-state index contributed by atoms with van der Waals surface area (Å²) in [7, 11) is 1.41. The molecule has 0 atom stereocenters. The third-order valence-corrected chi connectivity index (χ3v) is 1.78. The van der Waals surface area contributed by atoms with Crippen LogP contribution in [-0.2, 0) is 0 Å². The lowest BCUT2D eigenvalue weighted by atomic mass is 10.3. The van der Waals surface area contributed by atoms with Gasteiger partial charge in [0.1, 0.15) is 11.6 Å². The van der Waals surface area contributed by atoms with E-state index in [0.29, 0.717) is 5.02 Å². The molecule has 1 nitrogen and oxygen atoms in total. The van der Waals surface area contributed by atoms with Crippen molar-refractivity contribution in [3.05, 3.63) is 28.0 Å². The lowest BCUT2D eigenvalue weighted by molar-refractivity contribution is 0.411. The minimum Gasteiger partial charge on any atom is -0.495 e. The van der Waals surface area contributed by atoms with Crippen LogP contribution < -0.4 is 4.74 Å². The second-order valence-electron chi connectivity index (χ2n) is 1.90. The number of rotatable bonds is 1. The van der Waals surface area contributed by atoms with Crippen molar-refractivity contribution in [3.63, 3.8) is 0 Å². The molecule has 0 saturated carbocycles. The lowest BCUT2D eigenvalue weighted by Gasteiger charge is -2.02. The van der Waals surface area contributed by atoms with E-state index in [0.717, 1.165) is 6.07 Å². The van der Waals surface area contributed by atoms with E-state index in [1.807, 2.05) is 0 Å². The smallest absolute Gasteiger partial charge is 0.145 e. The number of hydrogen-bond acceptors (Lipinski definition) is 1. The Kier molecular flexibility index (Phi) is 2.58. The van der Waals surface area contributed by atoms with Crippen molar-refractivity contribution in [2.75, 3.05) is 7.11 Å². The maximum Gasteiger partial charge on any atom is 0.145 e. The quantitative estimate of drug-likeness (QED) is 0.625. The van der Waals surface area contributed by atoms with Crippen LogP contribution in [0, 0.1) is 5.82 Å². The molecule has 60 valence electrons. The van der Waals surface area contributed by atoms with Crippen molar-refractivity contribution in [3.8, 4) is 5.75 Å². The highest BCUT2D eigenvalue weighted by molar-refractivity contribution is 6.35. The number of ether oxygens (including phenoxy) is 1. The largest absolute Gasteiger partial charge is 0.495 e. The molecular weight excluding hydrogens is 190 g/mol. The van der Waals surface area contributed by atoms with Crippen LogP contribution in [0.3, 0.4) is 0 Å². The molecule has 0 N–H and O–H groups in total. The Bertz CT molecular complexity index is 275. The van der Waals surface area contributed by atoms with Crippen molar-refractivity contribution < 1.29 is 9.13 Å². The summed E-state index contributed by atoms with van der Waals surface area (Å²) in [5, 5.41) is 0.301. The molecule has 0 amide bonds. The van der Waals surface area contributed by atoms with Gasteiger partial charge in [-0.15, -0.1) is 0 Å². The van der Waals surface area contributed by atoms with Gasteiger partial charge >= 0.3 is 0 Å². The van der Waals surface area contributed by atoms with E-state index in [1.54, 1.807) is 0 Å². The van der Waals surface area contributed by atoms with Crippen LogP contribution in [0.5, 0.6) is 5.75 Å². The summed E-state index contributed by atoms with van der Waals surface area (Å²) in [6.45, 7) is 0. The highest BCUT2D eigenvalue weighted by Gasteiger charge is 2.06. The molecule has 0 spiro atoms. The minimum absolute atomic E-state index is 0.00389. The van der Waals surface area contributed by atoms with E-state index in [1.165, 1.54) is 13.2 Å².